The van der Waals surface area contributed by atoms with Gasteiger partial charge in [-0.05, 0) is 42.8 Å². The summed E-state index contributed by atoms with van der Waals surface area (Å²) in [6.07, 6.45) is 0. The molecule has 0 aliphatic carbocycles. The number of rotatable bonds is 7. The highest BCUT2D eigenvalue weighted by atomic mass is 35.5. The second kappa shape index (κ2) is 9.37. The first-order chi connectivity index (χ1) is 14.7. The summed E-state index contributed by atoms with van der Waals surface area (Å²) >= 11 is 7.86. The Bertz CT molecular complexity index is 1160. The summed E-state index contributed by atoms with van der Waals surface area (Å²) in [4.78, 5) is 19.5. The van der Waals surface area contributed by atoms with Crippen molar-refractivity contribution in [3.63, 3.8) is 0 Å². The first kappa shape index (κ1) is 20.5. The summed E-state index contributed by atoms with van der Waals surface area (Å²) in [6, 6.07) is 25.6. The number of carbonyl (C=O) groups is 1. The molecule has 0 unspecified atom stereocenters. The second-order valence-corrected chi connectivity index (χ2v) is 8.17. The van der Waals surface area contributed by atoms with Crippen molar-refractivity contribution >= 4 is 46.0 Å². The maximum absolute atomic E-state index is 12.9. The average molecular weight is 436 g/mol. The maximum Gasteiger partial charge on any atom is 0.237 e. The second-order valence-electron chi connectivity index (χ2n) is 6.82. The monoisotopic (exact) mass is 435 g/mol. The first-order valence-corrected chi connectivity index (χ1v) is 11.2. The van der Waals surface area contributed by atoms with Crippen LogP contribution in [0.25, 0.3) is 11.0 Å². The summed E-state index contributed by atoms with van der Waals surface area (Å²) in [6.45, 7) is 3.22. The van der Waals surface area contributed by atoms with Gasteiger partial charge in [0.05, 0.1) is 23.3 Å². The molecule has 0 atom stereocenters. The summed E-state index contributed by atoms with van der Waals surface area (Å²) < 4.78 is 2.13. The number of benzene rings is 3. The van der Waals surface area contributed by atoms with Crippen LogP contribution in [0.2, 0.25) is 5.02 Å². The maximum atomic E-state index is 12.9. The number of para-hydroxylation sites is 3. The Balaban J connectivity index is 1.59. The highest BCUT2D eigenvalue weighted by Crippen LogP contribution is 2.27. The lowest BCUT2D eigenvalue weighted by atomic mass is 10.2. The number of hydrogen-bond acceptors (Lipinski definition) is 3. The lowest BCUT2D eigenvalue weighted by molar-refractivity contribution is -0.116. The number of hydrogen-bond donors (Lipinski definition) is 0. The fraction of sp³-hybridized carbons (Fsp3) is 0.167. The number of imidazole rings is 1. The highest BCUT2D eigenvalue weighted by Gasteiger charge is 2.18. The minimum Gasteiger partial charge on any atom is -0.314 e. The number of thioether (sulfide) groups is 1. The molecule has 1 amide bonds. The highest BCUT2D eigenvalue weighted by molar-refractivity contribution is 7.99. The van der Waals surface area contributed by atoms with Crippen LogP contribution in [-0.4, -0.2) is 27.8 Å². The van der Waals surface area contributed by atoms with E-state index >= 15 is 0 Å². The molecule has 6 heteroatoms. The van der Waals surface area contributed by atoms with E-state index in [1.807, 2.05) is 85.8 Å². The molecule has 3 aromatic carbocycles. The predicted molar refractivity (Wildman–Crippen MR) is 125 cm³/mol. The Kier molecular flexibility index (Phi) is 6.41. The number of halogens is 1. The fourth-order valence-corrected chi connectivity index (χ4v) is 4.51. The Hall–Kier alpha value is -2.76. The zero-order valence-corrected chi connectivity index (χ0v) is 18.2. The van der Waals surface area contributed by atoms with E-state index in [1.165, 1.54) is 11.8 Å². The van der Waals surface area contributed by atoms with E-state index in [4.69, 9.17) is 16.6 Å². The van der Waals surface area contributed by atoms with E-state index in [0.29, 0.717) is 18.8 Å². The molecule has 0 aliphatic rings. The fourth-order valence-electron chi connectivity index (χ4n) is 3.43. The van der Waals surface area contributed by atoms with Gasteiger partial charge >= 0.3 is 0 Å². The molecule has 152 valence electrons. The largest absolute Gasteiger partial charge is 0.314 e. The van der Waals surface area contributed by atoms with Gasteiger partial charge < -0.3 is 9.47 Å². The number of amides is 1. The van der Waals surface area contributed by atoms with Gasteiger partial charge in [0.2, 0.25) is 5.91 Å². The molecule has 4 aromatic rings. The summed E-state index contributed by atoms with van der Waals surface area (Å²) in [5.74, 6) is 0.374. The number of nitrogens with zero attached hydrogens (tertiary/aromatic N) is 3. The van der Waals surface area contributed by atoms with Crippen LogP contribution in [0.15, 0.2) is 84.0 Å². The molecule has 4 rings (SSSR count). The molecule has 1 aromatic heterocycles. The lowest BCUT2D eigenvalue weighted by Crippen LogP contribution is -2.32. The smallest absolute Gasteiger partial charge is 0.237 e. The third kappa shape index (κ3) is 4.37. The number of carbonyl (C=O) groups excluding carboxylic acids is 1. The molecule has 0 N–H and O–H groups in total. The minimum absolute atomic E-state index is 0.0602. The van der Waals surface area contributed by atoms with Crippen molar-refractivity contribution in [2.75, 3.05) is 17.2 Å². The van der Waals surface area contributed by atoms with E-state index < -0.39 is 0 Å². The van der Waals surface area contributed by atoms with Gasteiger partial charge in [-0.1, -0.05) is 71.9 Å². The molecule has 0 aliphatic heterocycles. The van der Waals surface area contributed by atoms with Crippen molar-refractivity contribution < 1.29 is 4.79 Å². The van der Waals surface area contributed by atoms with Crippen molar-refractivity contribution in [3.8, 4) is 0 Å². The molecular weight excluding hydrogens is 414 g/mol. The Morgan fingerprint density at radius 1 is 1.00 bits per heavy atom. The van der Waals surface area contributed by atoms with Crippen LogP contribution < -0.4 is 4.90 Å². The van der Waals surface area contributed by atoms with Gasteiger partial charge in [0.1, 0.15) is 0 Å². The summed E-state index contributed by atoms with van der Waals surface area (Å²) in [5.41, 5.74) is 3.88. The molecule has 0 saturated heterocycles. The Labute approximate surface area is 185 Å². The van der Waals surface area contributed by atoms with Crippen LogP contribution in [0.4, 0.5) is 5.69 Å². The molecule has 0 spiro atoms. The zero-order chi connectivity index (χ0) is 20.9. The van der Waals surface area contributed by atoms with Crippen LogP contribution in [-0.2, 0) is 11.3 Å². The molecule has 30 heavy (non-hydrogen) atoms. The third-order valence-corrected chi connectivity index (χ3v) is 6.25. The van der Waals surface area contributed by atoms with Crippen LogP contribution in [0, 0.1) is 0 Å². The molecule has 0 fully saturated rings. The SMILES string of the molecule is CCN(C(=O)CSc1nc2ccccc2n1Cc1ccccc1Cl)c1ccccc1. The van der Waals surface area contributed by atoms with Gasteiger partial charge in [0.15, 0.2) is 5.16 Å². The minimum atomic E-state index is 0.0602. The van der Waals surface area contributed by atoms with Crippen molar-refractivity contribution in [1.29, 1.82) is 0 Å². The Morgan fingerprint density at radius 3 is 2.47 bits per heavy atom. The number of anilines is 1. The Morgan fingerprint density at radius 2 is 1.70 bits per heavy atom. The van der Waals surface area contributed by atoms with Crippen molar-refractivity contribution in [2.45, 2.75) is 18.6 Å². The van der Waals surface area contributed by atoms with E-state index in [1.54, 1.807) is 4.90 Å². The van der Waals surface area contributed by atoms with Gasteiger partial charge in [-0.2, -0.15) is 0 Å². The summed E-state index contributed by atoms with van der Waals surface area (Å²) in [7, 11) is 0. The predicted octanol–water partition coefficient (Wildman–Crippen LogP) is 5.88. The van der Waals surface area contributed by atoms with Gasteiger partial charge in [-0.3, -0.25) is 4.79 Å². The van der Waals surface area contributed by atoms with Gasteiger partial charge in [-0.25, -0.2) is 4.98 Å². The van der Waals surface area contributed by atoms with Crippen LogP contribution >= 0.6 is 23.4 Å². The standard InChI is InChI=1S/C24H22ClN3OS/c1-2-27(19-11-4-3-5-12-19)23(29)17-30-24-26-21-14-8-9-15-22(21)28(24)16-18-10-6-7-13-20(18)25/h3-15H,2,16-17H2,1H3. The van der Waals surface area contributed by atoms with E-state index in [2.05, 4.69) is 4.57 Å². The molecule has 1 heterocycles. The van der Waals surface area contributed by atoms with Crippen LogP contribution in [0.5, 0.6) is 0 Å². The topological polar surface area (TPSA) is 38.1 Å². The van der Waals surface area contributed by atoms with Gasteiger partial charge in [0, 0.05) is 17.3 Å². The molecular formula is C24H22ClN3OS. The number of aromatic nitrogens is 2. The van der Waals surface area contributed by atoms with E-state index in [9.17, 15) is 4.79 Å². The van der Waals surface area contributed by atoms with E-state index in [-0.39, 0.29) is 5.91 Å². The third-order valence-electron chi connectivity index (χ3n) is 4.92. The summed E-state index contributed by atoms with van der Waals surface area (Å²) in [5, 5.41) is 1.54. The zero-order valence-electron chi connectivity index (χ0n) is 16.7. The van der Waals surface area contributed by atoms with Crippen molar-refractivity contribution in [1.82, 2.24) is 9.55 Å². The molecule has 0 bridgehead atoms. The van der Waals surface area contributed by atoms with Crippen molar-refractivity contribution in [3.05, 3.63) is 89.4 Å². The molecule has 4 nitrogen and oxygen atoms in total. The van der Waals surface area contributed by atoms with Gasteiger partial charge in [0.25, 0.3) is 0 Å². The first-order valence-electron chi connectivity index (χ1n) is 9.84. The number of fused-ring (bicyclic) bond motifs is 1. The molecule has 0 saturated carbocycles. The molecule has 0 radical (unpaired) electrons. The van der Waals surface area contributed by atoms with E-state index in [0.717, 1.165) is 32.5 Å². The lowest BCUT2D eigenvalue weighted by Gasteiger charge is -2.20. The van der Waals surface area contributed by atoms with Crippen LogP contribution in [0.3, 0.4) is 0 Å². The van der Waals surface area contributed by atoms with Crippen molar-refractivity contribution in [2.24, 2.45) is 0 Å². The van der Waals surface area contributed by atoms with Gasteiger partial charge in [-0.15, -0.1) is 0 Å². The quantitative estimate of drug-likeness (QED) is 0.340. The van der Waals surface area contributed by atoms with Crippen LogP contribution in [0.1, 0.15) is 12.5 Å². The normalized spacial score (nSPS) is 11.0. The average Bonchev–Trinajstić information content (AvgIpc) is 3.12.